The number of carbonyl (C=O) groups is 1. The summed E-state index contributed by atoms with van der Waals surface area (Å²) in [5, 5.41) is 0. The van der Waals surface area contributed by atoms with Crippen molar-refractivity contribution in [1.82, 2.24) is 19.5 Å². The molecule has 0 fully saturated rings. The summed E-state index contributed by atoms with van der Waals surface area (Å²) in [4.78, 5) is 27.0. The lowest BCUT2D eigenvalue weighted by molar-refractivity contribution is -0.142. The van der Waals surface area contributed by atoms with E-state index in [-0.39, 0.29) is 17.9 Å². The Balaban J connectivity index is 1.53. The maximum absolute atomic E-state index is 12.9. The summed E-state index contributed by atoms with van der Waals surface area (Å²) in [5.41, 5.74) is 11.5. The van der Waals surface area contributed by atoms with Gasteiger partial charge in [-0.1, -0.05) is 72.1 Å². The molecule has 41 heavy (non-hydrogen) atoms. The molecule has 0 bridgehead atoms. The lowest BCUT2D eigenvalue weighted by Gasteiger charge is -2.18. The second kappa shape index (κ2) is 11.2. The standard InChI is InChI=1S/C34H33BrN4O2/c1-5-6-7-29(34(40)41-4)22-9-11-26(21-8-12-27-23(14-21)15-24-16-25(35)10-13-28(24)27)30(17-22)31-32-33(37-18-36-31)39(19-38-32)20(2)3/h8-14,16-20,29H,5-7,15H2,1-4H3/t29-/m1/s1. The molecule has 0 radical (unpaired) electrons. The number of carbonyl (C=O) groups excluding carboxylic acids is 1. The molecular formula is C34H33BrN4O2. The third-order valence-corrected chi connectivity index (χ3v) is 8.60. The van der Waals surface area contributed by atoms with E-state index in [2.05, 4.69) is 101 Å². The number of hydrogen-bond donors (Lipinski definition) is 0. The zero-order valence-corrected chi connectivity index (χ0v) is 25.4. The molecule has 3 aromatic carbocycles. The van der Waals surface area contributed by atoms with Crippen molar-refractivity contribution < 1.29 is 9.53 Å². The first-order valence-electron chi connectivity index (χ1n) is 14.2. The minimum Gasteiger partial charge on any atom is -0.469 e. The van der Waals surface area contributed by atoms with Crippen LogP contribution in [-0.2, 0) is 16.0 Å². The van der Waals surface area contributed by atoms with E-state index in [1.807, 2.05) is 6.33 Å². The van der Waals surface area contributed by atoms with Crippen molar-refractivity contribution in [2.24, 2.45) is 0 Å². The quantitative estimate of drug-likeness (QED) is 0.162. The van der Waals surface area contributed by atoms with Crippen molar-refractivity contribution in [3.8, 4) is 33.5 Å². The zero-order chi connectivity index (χ0) is 28.7. The van der Waals surface area contributed by atoms with Crippen molar-refractivity contribution in [1.29, 1.82) is 0 Å². The molecule has 1 atom stereocenters. The number of esters is 1. The Labute approximate surface area is 249 Å². The molecular weight excluding hydrogens is 576 g/mol. The van der Waals surface area contributed by atoms with Crippen LogP contribution in [0.1, 0.15) is 68.7 Å². The lowest BCUT2D eigenvalue weighted by atomic mass is 9.87. The smallest absolute Gasteiger partial charge is 0.313 e. The Kier molecular flexibility index (Phi) is 7.47. The van der Waals surface area contributed by atoms with Gasteiger partial charge in [-0.25, -0.2) is 15.0 Å². The number of nitrogens with zero attached hydrogens (tertiary/aromatic N) is 4. The molecule has 0 aliphatic heterocycles. The summed E-state index contributed by atoms with van der Waals surface area (Å²) in [7, 11) is 1.46. The monoisotopic (exact) mass is 608 g/mol. The third-order valence-electron chi connectivity index (χ3n) is 8.10. The Hall–Kier alpha value is -3.84. The SMILES string of the molecule is CCCC[C@@H](C(=O)OC)c1ccc(-c2ccc3c(c2)Cc2cc(Br)ccc2-3)c(-c2ncnc3c2ncn3C(C)C)c1. The average molecular weight is 610 g/mol. The molecule has 6 nitrogen and oxygen atoms in total. The van der Waals surface area contributed by atoms with Crippen LogP contribution in [0.2, 0.25) is 0 Å². The van der Waals surface area contributed by atoms with Crippen LogP contribution in [0.25, 0.3) is 44.7 Å². The minimum absolute atomic E-state index is 0.212. The second-order valence-corrected chi connectivity index (χ2v) is 11.9. The molecule has 1 aliphatic carbocycles. The Morgan fingerprint density at radius 2 is 1.71 bits per heavy atom. The number of unbranched alkanes of at least 4 members (excludes halogenated alkanes) is 1. The number of aromatic nitrogens is 4. The molecule has 1 aliphatic rings. The molecule has 2 heterocycles. The minimum atomic E-state index is -0.341. The summed E-state index contributed by atoms with van der Waals surface area (Å²) in [6.45, 7) is 6.37. The van der Waals surface area contributed by atoms with E-state index >= 15 is 0 Å². The molecule has 5 aromatic rings. The van der Waals surface area contributed by atoms with Gasteiger partial charge in [0.05, 0.1) is 19.4 Å². The van der Waals surface area contributed by atoms with Gasteiger partial charge in [-0.2, -0.15) is 0 Å². The van der Waals surface area contributed by atoms with E-state index in [9.17, 15) is 4.79 Å². The third kappa shape index (κ3) is 4.97. The van der Waals surface area contributed by atoms with Crippen LogP contribution in [0, 0.1) is 0 Å². The summed E-state index contributed by atoms with van der Waals surface area (Å²) in [6, 6.07) is 19.7. The maximum Gasteiger partial charge on any atom is 0.313 e. The fourth-order valence-corrected chi connectivity index (χ4v) is 6.38. The van der Waals surface area contributed by atoms with Gasteiger partial charge in [0.2, 0.25) is 0 Å². The van der Waals surface area contributed by atoms with Crippen LogP contribution in [-0.4, -0.2) is 32.6 Å². The highest BCUT2D eigenvalue weighted by Gasteiger charge is 2.25. The van der Waals surface area contributed by atoms with E-state index in [1.54, 1.807) is 6.33 Å². The second-order valence-electron chi connectivity index (χ2n) is 11.0. The van der Waals surface area contributed by atoms with Crippen LogP contribution >= 0.6 is 15.9 Å². The summed E-state index contributed by atoms with van der Waals surface area (Å²) >= 11 is 3.62. The van der Waals surface area contributed by atoms with Crippen LogP contribution < -0.4 is 0 Å². The van der Waals surface area contributed by atoms with Gasteiger partial charge in [0.15, 0.2) is 5.65 Å². The fourth-order valence-electron chi connectivity index (χ4n) is 5.97. The van der Waals surface area contributed by atoms with Crippen molar-refractivity contribution in [3.63, 3.8) is 0 Å². The van der Waals surface area contributed by atoms with Gasteiger partial charge in [-0.15, -0.1) is 0 Å². The van der Waals surface area contributed by atoms with E-state index in [1.165, 1.54) is 29.4 Å². The van der Waals surface area contributed by atoms with Gasteiger partial charge in [0, 0.05) is 16.1 Å². The summed E-state index contributed by atoms with van der Waals surface area (Å²) < 4.78 is 8.39. The molecule has 0 N–H and O–H groups in total. The average Bonchev–Trinajstić information content (AvgIpc) is 3.58. The topological polar surface area (TPSA) is 69.9 Å². The van der Waals surface area contributed by atoms with E-state index in [4.69, 9.17) is 14.7 Å². The molecule has 208 valence electrons. The van der Waals surface area contributed by atoms with Crippen LogP contribution in [0.4, 0.5) is 0 Å². The highest BCUT2D eigenvalue weighted by molar-refractivity contribution is 9.10. The number of imidazole rings is 1. The number of benzene rings is 3. The van der Waals surface area contributed by atoms with Crippen LogP contribution in [0.5, 0.6) is 0 Å². The first kappa shape index (κ1) is 27.3. The van der Waals surface area contributed by atoms with Crippen molar-refractivity contribution >= 4 is 33.1 Å². The van der Waals surface area contributed by atoms with Crippen molar-refractivity contribution in [2.45, 2.75) is 58.4 Å². The molecule has 6 rings (SSSR count). The van der Waals surface area contributed by atoms with Crippen molar-refractivity contribution in [2.75, 3.05) is 7.11 Å². The zero-order valence-electron chi connectivity index (χ0n) is 23.8. The number of rotatable bonds is 8. The van der Waals surface area contributed by atoms with Gasteiger partial charge < -0.3 is 9.30 Å². The molecule has 0 unspecified atom stereocenters. The Morgan fingerprint density at radius 3 is 2.46 bits per heavy atom. The van der Waals surface area contributed by atoms with Gasteiger partial charge in [0.25, 0.3) is 0 Å². The maximum atomic E-state index is 12.9. The largest absolute Gasteiger partial charge is 0.469 e. The number of hydrogen-bond acceptors (Lipinski definition) is 5. The number of fused-ring (bicyclic) bond motifs is 4. The number of halogens is 1. The predicted octanol–water partition coefficient (Wildman–Crippen LogP) is 8.52. The number of ether oxygens (including phenoxy) is 1. The highest BCUT2D eigenvalue weighted by Crippen LogP contribution is 2.42. The molecule has 0 saturated carbocycles. The lowest BCUT2D eigenvalue weighted by Crippen LogP contribution is -2.14. The first-order chi connectivity index (χ1) is 19.9. The molecule has 0 amide bonds. The van der Waals surface area contributed by atoms with Gasteiger partial charge in [0.1, 0.15) is 17.5 Å². The Morgan fingerprint density at radius 1 is 0.951 bits per heavy atom. The summed E-state index contributed by atoms with van der Waals surface area (Å²) in [5.74, 6) is -0.554. The predicted molar refractivity (Wildman–Crippen MR) is 167 cm³/mol. The molecule has 0 spiro atoms. The molecule has 7 heteroatoms. The van der Waals surface area contributed by atoms with Crippen molar-refractivity contribution in [3.05, 3.63) is 88.4 Å². The first-order valence-corrected chi connectivity index (χ1v) is 15.0. The highest BCUT2D eigenvalue weighted by atomic mass is 79.9. The van der Waals surface area contributed by atoms with Gasteiger partial charge in [-0.3, -0.25) is 4.79 Å². The van der Waals surface area contributed by atoms with Gasteiger partial charge >= 0.3 is 5.97 Å². The fraction of sp³-hybridized carbons (Fsp3) is 0.294. The van der Waals surface area contributed by atoms with E-state index < -0.39 is 0 Å². The molecule has 0 saturated heterocycles. The number of methoxy groups -OCH3 is 1. The Bertz CT molecular complexity index is 1770. The van der Waals surface area contributed by atoms with Gasteiger partial charge in [-0.05, 0) is 83.8 Å². The van der Waals surface area contributed by atoms with E-state index in [0.29, 0.717) is 0 Å². The van der Waals surface area contributed by atoms with Crippen LogP contribution in [0.3, 0.4) is 0 Å². The normalized spacial score (nSPS) is 12.9. The van der Waals surface area contributed by atoms with E-state index in [0.717, 1.165) is 69.3 Å². The summed E-state index contributed by atoms with van der Waals surface area (Å²) in [6.07, 6.45) is 7.01. The molecule has 2 aromatic heterocycles. The van der Waals surface area contributed by atoms with Crippen LogP contribution in [0.15, 0.2) is 71.7 Å².